The quantitative estimate of drug-likeness (QED) is 0.0580. The van der Waals surface area contributed by atoms with Crippen molar-refractivity contribution in [2.24, 2.45) is 50.2 Å². The third-order valence-electron chi connectivity index (χ3n) is 19.1. The van der Waals surface area contributed by atoms with Crippen LogP contribution in [0.3, 0.4) is 0 Å². The van der Waals surface area contributed by atoms with Gasteiger partial charge in [0.1, 0.15) is 72.7 Å². The van der Waals surface area contributed by atoms with Gasteiger partial charge in [0.05, 0.1) is 37.9 Å². The van der Waals surface area contributed by atoms with Crippen molar-refractivity contribution in [3.8, 4) is 0 Å². The van der Waals surface area contributed by atoms with Gasteiger partial charge in [0.15, 0.2) is 25.0 Å². The topological polar surface area (TPSA) is 318 Å². The summed E-state index contributed by atoms with van der Waals surface area (Å²) in [5, 5.41) is 108. The van der Waals surface area contributed by atoms with Crippen LogP contribution < -0.4 is 0 Å². The molecule has 20 nitrogen and oxygen atoms in total. The fourth-order valence-electron chi connectivity index (χ4n) is 15.0. The SMILES string of the molecule is COC(=O)[C@]12CCC(C)(C)C[C@H]1C1=CC[C@@H]3[C@@]4(C)CC[C@H](O[C@@H]5O[C@H](C(=O)O)[C@@H](O)[C@H](O[C@@H]6OC[C@@H](O)[C@H](O)[C@H]6O)[C@H]5O[C@@H]5O[C@H](CO)[C@H](O)[C@H](O)[C@H]5O)[C@@](C)(C=O)[C@@H]4CC[C@@]3(C)[C@]1(C)C[C@H]2O. The van der Waals surface area contributed by atoms with Crippen LogP contribution in [0.1, 0.15) is 99.3 Å². The van der Waals surface area contributed by atoms with Crippen molar-refractivity contribution in [2.75, 3.05) is 20.3 Å². The molecule has 3 heterocycles. The van der Waals surface area contributed by atoms with Crippen LogP contribution in [-0.2, 0) is 47.5 Å². The van der Waals surface area contributed by atoms with Gasteiger partial charge in [0.25, 0.3) is 0 Å². The van der Waals surface area contributed by atoms with Crippen molar-refractivity contribution in [1.29, 1.82) is 0 Å². The summed E-state index contributed by atoms with van der Waals surface area (Å²) in [5.41, 5.74) is -2.59. The summed E-state index contributed by atoms with van der Waals surface area (Å²) in [4.78, 5) is 40.4. The number of esters is 1. The molecule has 7 fully saturated rings. The number of hydrogen-bond acceptors (Lipinski definition) is 19. The van der Waals surface area contributed by atoms with Crippen molar-refractivity contribution in [2.45, 2.75) is 198 Å². The van der Waals surface area contributed by atoms with Gasteiger partial charge in [-0.3, -0.25) is 4.79 Å². The average Bonchev–Trinajstić information content (AvgIpc) is 3.28. The molecule has 0 unspecified atom stereocenters. The first kappa shape index (κ1) is 52.1. The molecule has 4 saturated carbocycles. The van der Waals surface area contributed by atoms with Gasteiger partial charge in [-0.15, -0.1) is 0 Å². The van der Waals surface area contributed by atoms with Crippen LogP contribution in [-0.4, -0.2) is 188 Å². The van der Waals surface area contributed by atoms with E-state index in [4.69, 9.17) is 33.2 Å². The number of aliphatic carboxylic acids is 1. The Kier molecular flexibility index (Phi) is 14.1. The highest BCUT2D eigenvalue weighted by Gasteiger charge is 2.72. The Labute approximate surface area is 395 Å². The molecule has 20 heteroatoms. The van der Waals surface area contributed by atoms with E-state index in [1.165, 1.54) is 12.7 Å². The summed E-state index contributed by atoms with van der Waals surface area (Å²) in [6.45, 7) is 11.6. The minimum atomic E-state index is -2.13. The molecule has 0 amide bonds. The molecule has 3 saturated heterocycles. The lowest BCUT2D eigenvalue weighted by molar-refractivity contribution is -0.391. The van der Waals surface area contributed by atoms with E-state index < -0.39 is 139 Å². The second-order valence-electron chi connectivity index (χ2n) is 23.0. The second kappa shape index (κ2) is 18.4. The van der Waals surface area contributed by atoms with E-state index in [2.05, 4.69) is 40.7 Å². The minimum absolute atomic E-state index is 0.00506. The van der Waals surface area contributed by atoms with Gasteiger partial charge in [0, 0.05) is 0 Å². The number of methoxy groups -OCH3 is 1. The van der Waals surface area contributed by atoms with Crippen molar-refractivity contribution in [3.05, 3.63) is 11.6 Å². The number of carbonyl (C=O) groups excluding carboxylic acids is 2. The number of aliphatic hydroxyl groups is 9. The molecule has 0 aromatic rings. The van der Waals surface area contributed by atoms with Gasteiger partial charge in [-0.05, 0) is 97.2 Å². The van der Waals surface area contributed by atoms with Gasteiger partial charge in [-0.25, -0.2) is 4.79 Å². The van der Waals surface area contributed by atoms with Crippen molar-refractivity contribution in [1.82, 2.24) is 0 Å². The number of carbonyl (C=O) groups is 3. The van der Waals surface area contributed by atoms with Crippen LogP contribution in [0.2, 0.25) is 0 Å². The number of hydrogen-bond donors (Lipinski definition) is 10. The fraction of sp³-hybridized carbons (Fsp3) is 0.896. The van der Waals surface area contributed by atoms with Gasteiger partial charge in [-0.2, -0.15) is 0 Å². The van der Waals surface area contributed by atoms with Crippen LogP contribution in [0.15, 0.2) is 11.6 Å². The maximum atomic E-state index is 13.9. The number of rotatable bonds is 10. The lowest BCUT2D eigenvalue weighted by Crippen LogP contribution is -2.69. The molecule has 68 heavy (non-hydrogen) atoms. The zero-order chi connectivity index (χ0) is 49.8. The Morgan fingerprint density at radius 3 is 2.07 bits per heavy atom. The van der Waals surface area contributed by atoms with E-state index in [1.807, 2.05) is 0 Å². The third kappa shape index (κ3) is 7.86. The lowest BCUT2D eigenvalue weighted by atomic mass is 9.33. The maximum Gasteiger partial charge on any atom is 0.335 e. The summed E-state index contributed by atoms with van der Waals surface area (Å²) < 4.78 is 41.4. The van der Waals surface area contributed by atoms with Crippen LogP contribution in [0.5, 0.6) is 0 Å². The van der Waals surface area contributed by atoms with Gasteiger partial charge >= 0.3 is 11.9 Å². The predicted octanol–water partition coefficient (Wildman–Crippen LogP) is -0.324. The number of allylic oxidation sites excluding steroid dienone is 2. The summed E-state index contributed by atoms with van der Waals surface area (Å²) in [7, 11) is 1.39. The summed E-state index contributed by atoms with van der Waals surface area (Å²) in [6.07, 6.45) is -19.7. The molecule has 0 aromatic carbocycles. The van der Waals surface area contributed by atoms with E-state index in [9.17, 15) is 65.4 Å². The monoisotopic (exact) mass is 970 g/mol. The number of carboxylic acids is 1. The summed E-state index contributed by atoms with van der Waals surface area (Å²) >= 11 is 0. The Hall–Kier alpha value is -2.25. The van der Waals surface area contributed by atoms with Gasteiger partial charge in [0.2, 0.25) is 0 Å². The van der Waals surface area contributed by atoms with Crippen LogP contribution in [0.4, 0.5) is 0 Å². The smallest absolute Gasteiger partial charge is 0.335 e. The molecule has 8 rings (SSSR count). The second-order valence-corrected chi connectivity index (χ2v) is 23.0. The molecule has 3 aliphatic heterocycles. The third-order valence-corrected chi connectivity index (χ3v) is 19.1. The number of aliphatic hydroxyl groups excluding tert-OH is 9. The van der Waals surface area contributed by atoms with Crippen LogP contribution in [0, 0.1) is 50.2 Å². The van der Waals surface area contributed by atoms with Crippen LogP contribution in [0.25, 0.3) is 0 Å². The summed E-state index contributed by atoms with van der Waals surface area (Å²) in [5.74, 6) is -2.58. The molecule has 0 radical (unpaired) electrons. The van der Waals surface area contributed by atoms with Crippen molar-refractivity contribution >= 4 is 18.2 Å². The molecule has 24 atom stereocenters. The zero-order valence-corrected chi connectivity index (χ0v) is 40.0. The number of fused-ring (bicyclic) bond motifs is 7. The largest absolute Gasteiger partial charge is 0.479 e. The van der Waals surface area contributed by atoms with Crippen LogP contribution >= 0.6 is 0 Å². The minimum Gasteiger partial charge on any atom is -0.479 e. The van der Waals surface area contributed by atoms with E-state index >= 15 is 0 Å². The Bertz CT molecular complexity index is 1930. The van der Waals surface area contributed by atoms with Crippen molar-refractivity contribution in [3.63, 3.8) is 0 Å². The highest BCUT2D eigenvalue weighted by Crippen LogP contribution is 2.76. The predicted molar refractivity (Wildman–Crippen MR) is 231 cm³/mol. The van der Waals surface area contributed by atoms with E-state index in [0.717, 1.165) is 19.1 Å². The Morgan fingerprint density at radius 2 is 1.43 bits per heavy atom. The molecule has 10 N–H and O–H groups in total. The van der Waals surface area contributed by atoms with E-state index in [0.29, 0.717) is 38.5 Å². The molecule has 0 aromatic heterocycles. The summed E-state index contributed by atoms with van der Waals surface area (Å²) in [6, 6.07) is 0. The first-order chi connectivity index (χ1) is 31.8. The highest BCUT2D eigenvalue weighted by atomic mass is 16.8. The van der Waals surface area contributed by atoms with Crippen molar-refractivity contribution < 1.29 is 98.6 Å². The Balaban J connectivity index is 1.13. The van der Waals surface area contributed by atoms with E-state index in [1.54, 1.807) is 6.92 Å². The fourth-order valence-corrected chi connectivity index (χ4v) is 15.0. The highest BCUT2D eigenvalue weighted by molar-refractivity contribution is 5.79. The first-order valence-corrected chi connectivity index (χ1v) is 24.2. The van der Waals surface area contributed by atoms with Gasteiger partial charge in [-0.1, -0.05) is 53.2 Å². The average molecular weight is 971 g/mol. The molecule has 0 bridgehead atoms. The molecule has 8 aliphatic rings. The molecule has 386 valence electrons. The number of aldehydes is 1. The standard InChI is InChI=1S/C48H74O20/c1-43(2)14-15-48(42(61)62-7)22(16-43)21-8-9-26-44(3)12-11-28(45(4,20-50)25(44)10-13-46(26,5)47(21,6)17-27(48)52)65-41-37(68-40-33(57)31(55)30(54)24(18-49)64-40)35(34(58)36(67-41)38(59)60)66-39-32(56)29(53)23(51)19-63-39/h8,20,22-37,39-41,49,51-58H,9-19H2,1-7H3,(H,59,60)/t22-,23+,24+,25+,26+,27+,28-,29-,30-,31-,32+,33+,34-,35-,36-,37+,39-,40-,41+,44-,45-,46+,47+,48+/m0/s1. The van der Waals surface area contributed by atoms with Gasteiger partial charge < -0.3 is 89.0 Å². The normalized spacial score (nSPS) is 53.4. The Morgan fingerprint density at radius 1 is 0.750 bits per heavy atom. The molecular weight excluding hydrogens is 897 g/mol. The van der Waals surface area contributed by atoms with E-state index in [-0.39, 0.29) is 41.0 Å². The molecule has 5 aliphatic carbocycles. The number of ether oxygens (including phenoxy) is 7. The molecular formula is C48H74O20. The molecule has 0 spiro atoms. The lowest BCUT2D eigenvalue weighted by Gasteiger charge is -2.71. The maximum absolute atomic E-state index is 13.9. The number of carboxylic acid groups (broad SMARTS) is 1. The zero-order valence-electron chi connectivity index (χ0n) is 40.0. The first-order valence-electron chi connectivity index (χ1n) is 24.2.